The number of furan rings is 1. The highest BCUT2D eigenvalue weighted by Crippen LogP contribution is 2.23. The number of para-hydroxylation sites is 1. The monoisotopic (exact) mass is 271 g/mol. The molecule has 0 bridgehead atoms. The number of fused-ring (bicyclic) bond motifs is 1. The fraction of sp³-hybridized carbons (Fsp3) is 0. The number of urea groups is 1. The minimum Gasteiger partial charge on any atom is -0.454 e. The number of imide groups is 1. The van der Waals surface area contributed by atoms with E-state index in [1.165, 1.54) is 0 Å². The number of benzene rings is 1. The normalized spacial score (nSPS) is 18.4. The summed E-state index contributed by atoms with van der Waals surface area (Å²) in [5.41, 5.74) is 5.60. The van der Waals surface area contributed by atoms with E-state index in [0.717, 1.165) is 11.5 Å². The van der Waals surface area contributed by atoms with Crippen LogP contribution in [-0.4, -0.2) is 17.7 Å². The summed E-state index contributed by atoms with van der Waals surface area (Å²) in [5.74, 6) is -1.50. The summed E-state index contributed by atoms with van der Waals surface area (Å²) in [7, 11) is 0. The Morgan fingerprint density at radius 1 is 1.00 bits per heavy atom. The smallest absolute Gasteiger partial charge is 0.340 e. The van der Waals surface area contributed by atoms with Gasteiger partial charge in [0.05, 0.1) is 0 Å². The summed E-state index contributed by atoms with van der Waals surface area (Å²) in [6.45, 7) is 0. The third kappa shape index (κ3) is 2.12. The summed E-state index contributed by atoms with van der Waals surface area (Å²) in [4.78, 5) is 34.1. The molecule has 2 aromatic rings. The van der Waals surface area contributed by atoms with Crippen LogP contribution in [0.15, 0.2) is 40.8 Å². The number of carbonyl (C=O) groups excluding carboxylic acids is 3. The van der Waals surface area contributed by atoms with Gasteiger partial charge in [0, 0.05) is 11.5 Å². The SMILES string of the molecule is O=C1NN/C(c2cc3ccccc3o2)=C\C(=O)C(=O)N1. The van der Waals surface area contributed by atoms with Gasteiger partial charge < -0.3 is 4.42 Å². The summed E-state index contributed by atoms with van der Waals surface area (Å²) >= 11 is 0. The lowest BCUT2D eigenvalue weighted by Crippen LogP contribution is -2.49. The van der Waals surface area contributed by atoms with Crippen molar-refractivity contribution in [3.63, 3.8) is 0 Å². The Morgan fingerprint density at radius 2 is 1.80 bits per heavy atom. The molecule has 3 N–H and O–H groups in total. The van der Waals surface area contributed by atoms with E-state index in [1.807, 2.05) is 23.5 Å². The minimum absolute atomic E-state index is 0.203. The molecule has 0 aliphatic carbocycles. The second-order valence-corrected chi connectivity index (χ2v) is 4.10. The molecule has 0 spiro atoms. The number of rotatable bonds is 1. The van der Waals surface area contributed by atoms with Gasteiger partial charge in [0.15, 0.2) is 5.76 Å². The van der Waals surface area contributed by atoms with Crippen LogP contribution in [0.25, 0.3) is 16.7 Å². The van der Waals surface area contributed by atoms with Gasteiger partial charge in [-0.2, -0.15) is 0 Å². The maximum absolute atomic E-state index is 11.6. The molecule has 2 heterocycles. The fourth-order valence-electron chi connectivity index (χ4n) is 1.80. The van der Waals surface area contributed by atoms with Crippen LogP contribution in [0.3, 0.4) is 0 Å². The first-order valence-corrected chi connectivity index (χ1v) is 5.75. The number of nitrogens with one attached hydrogen (secondary N) is 3. The van der Waals surface area contributed by atoms with Crippen LogP contribution in [0, 0.1) is 0 Å². The van der Waals surface area contributed by atoms with Crippen molar-refractivity contribution < 1.29 is 18.8 Å². The molecular weight excluding hydrogens is 262 g/mol. The van der Waals surface area contributed by atoms with E-state index in [2.05, 4.69) is 10.9 Å². The Kier molecular flexibility index (Phi) is 2.72. The minimum atomic E-state index is -1.00. The van der Waals surface area contributed by atoms with E-state index in [-0.39, 0.29) is 5.70 Å². The molecule has 0 fully saturated rings. The first kappa shape index (κ1) is 12.0. The fourth-order valence-corrected chi connectivity index (χ4v) is 1.80. The van der Waals surface area contributed by atoms with E-state index < -0.39 is 17.7 Å². The summed E-state index contributed by atoms with van der Waals surface area (Å²) in [6, 6.07) is 8.17. The van der Waals surface area contributed by atoms with Crippen molar-refractivity contribution >= 4 is 34.4 Å². The predicted octanol–water partition coefficient (Wildman–Crippen LogP) is 0.687. The average molecular weight is 271 g/mol. The molecule has 1 aromatic carbocycles. The molecular formula is C13H9N3O4. The van der Waals surface area contributed by atoms with Gasteiger partial charge in [0.1, 0.15) is 11.3 Å². The lowest BCUT2D eigenvalue weighted by molar-refractivity contribution is -0.134. The number of hydrogen-bond acceptors (Lipinski definition) is 5. The van der Waals surface area contributed by atoms with Gasteiger partial charge in [-0.15, -0.1) is 0 Å². The van der Waals surface area contributed by atoms with Crippen molar-refractivity contribution in [1.82, 2.24) is 16.2 Å². The quantitative estimate of drug-likeness (QED) is 0.662. The molecule has 7 nitrogen and oxygen atoms in total. The standard InChI is InChI=1S/C13H9N3O4/c17-9-6-8(15-16-13(19)14-12(9)18)11-5-7-3-1-2-4-10(7)20-11/h1-6,15H,(H2,14,16,18,19)/b8-6-. The van der Waals surface area contributed by atoms with Crippen molar-refractivity contribution in [2.24, 2.45) is 0 Å². The highest BCUT2D eigenvalue weighted by Gasteiger charge is 2.20. The zero-order chi connectivity index (χ0) is 14.1. The van der Waals surface area contributed by atoms with Crippen molar-refractivity contribution in [2.75, 3.05) is 0 Å². The lowest BCUT2D eigenvalue weighted by Gasteiger charge is -2.13. The molecule has 1 aromatic heterocycles. The van der Waals surface area contributed by atoms with Gasteiger partial charge in [0.25, 0.3) is 5.91 Å². The van der Waals surface area contributed by atoms with Gasteiger partial charge in [0.2, 0.25) is 5.78 Å². The maximum Gasteiger partial charge on any atom is 0.340 e. The summed E-state index contributed by atoms with van der Waals surface area (Å²) in [5, 5.41) is 2.70. The second kappa shape index (κ2) is 4.54. The molecule has 1 aliphatic heterocycles. The Bertz CT molecular complexity index is 727. The molecule has 0 saturated heterocycles. The molecule has 0 radical (unpaired) electrons. The summed E-state index contributed by atoms with van der Waals surface area (Å²) < 4.78 is 5.56. The maximum atomic E-state index is 11.6. The van der Waals surface area contributed by atoms with Crippen LogP contribution in [-0.2, 0) is 9.59 Å². The molecule has 3 rings (SSSR count). The van der Waals surface area contributed by atoms with Gasteiger partial charge in [-0.3, -0.25) is 25.8 Å². The molecule has 0 saturated carbocycles. The van der Waals surface area contributed by atoms with E-state index >= 15 is 0 Å². The zero-order valence-electron chi connectivity index (χ0n) is 10.1. The highest BCUT2D eigenvalue weighted by atomic mass is 16.3. The number of carbonyl (C=O) groups is 3. The van der Waals surface area contributed by atoms with Gasteiger partial charge in [-0.05, 0) is 12.1 Å². The van der Waals surface area contributed by atoms with Crippen molar-refractivity contribution in [1.29, 1.82) is 0 Å². The largest absolute Gasteiger partial charge is 0.454 e. The summed E-state index contributed by atoms with van der Waals surface area (Å²) in [6.07, 6.45) is 1.06. The Balaban J connectivity index is 2.04. The Morgan fingerprint density at radius 3 is 2.60 bits per heavy atom. The zero-order valence-corrected chi connectivity index (χ0v) is 10.1. The Hall–Kier alpha value is -3.09. The third-order valence-corrected chi connectivity index (χ3v) is 2.73. The van der Waals surface area contributed by atoms with Crippen LogP contribution in [0.2, 0.25) is 0 Å². The molecule has 0 atom stereocenters. The van der Waals surface area contributed by atoms with E-state index in [9.17, 15) is 14.4 Å². The average Bonchev–Trinajstić information content (AvgIpc) is 2.85. The lowest BCUT2D eigenvalue weighted by atomic mass is 10.2. The van der Waals surface area contributed by atoms with Crippen LogP contribution in [0.5, 0.6) is 0 Å². The van der Waals surface area contributed by atoms with E-state index in [0.29, 0.717) is 11.3 Å². The molecule has 7 heteroatoms. The molecule has 1 aliphatic rings. The van der Waals surface area contributed by atoms with Crippen LogP contribution < -0.4 is 16.2 Å². The van der Waals surface area contributed by atoms with Crippen molar-refractivity contribution in [3.05, 3.63) is 42.2 Å². The van der Waals surface area contributed by atoms with Gasteiger partial charge in [-0.25, -0.2) is 4.79 Å². The second-order valence-electron chi connectivity index (χ2n) is 4.10. The van der Waals surface area contributed by atoms with E-state index in [1.54, 1.807) is 12.1 Å². The predicted molar refractivity (Wildman–Crippen MR) is 69.0 cm³/mol. The Labute approximate surface area is 112 Å². The number of amides is 3. The van der Waals surface area contributed by atoms with Crippen LogP contribution in [0.4, 0.5) is 4.79 Å². The number of hydrazine groups is 1. The van der Waals surface area contributed by atoms with Crippen LogP contribution >= 0.6 is 0 Å². The third-order valence-electron chi connectivity index (χ3n) is 2.73. The van der Waals surface area contributed by atoms with Crippen molar-refractivity contribution in [2.45, 2.75) is 0 Å². The molecule has 3 amide bonds. The first-order valence-electron chi connectivity index (χ1n) is 5.75. The number of ketones is 1. The van der Waals surface area contributed by atoms with Crippen LogP contribution in [0.1, 0.15) is 5.76 Å². The van der Waals surface area contributed by atoms with Gasteiger partial charge >= 0.3 is 6.03 Å². The number of hydrogen-bond donors (Lipinski definition) is 3. The highest BCUT2D eigenvalue weighted by molar-refractivity contribution is 6.44. The van der Waals surface area contributed by atoms with E-state index in [4.69, 9.17) is 4.42 Å². The van der Waals surface area contributed by atoms with Crippen molar-refractivity contribution in [3.8, 4) is 0 Å². The van der Waals surface area contributed by atoms with Gasteiger partial charge in [-0.1, -0.05) is 18.2 Å². The first-order chi connectivity index (χ1) is 9.63. The topological polar surface area (TPSA) is 100 Å². The molecule has 20 heavy (non-hydrogen) atoms. The molecule has 0 unspecified atom stereocenters. The molecule has 100 valence electrons.